The standard InChI is InChI=1S/C16H16N4O3/c1-8-9-4-2-3-5-10(9)12-13-14(23-15(12)19-8)16(22)20(7-18-13)6-11(17)21/h7H,2-6H2,1H3,(H2,17,21). The zero-order valence-corrected chi connectivity index (χ0v) is 12.8. The number of aromatic nitrogens is 3. The van der Waals surface area contributed by atoms with Crippen LogP contribution in [-0.4, -0.2) is 20.4 Å². The summed E-state index contributed by atoms with van der Waals surface area (Å²) in [4.78, 5) is 32.4. The third-order valence-corrected chi connectivity index (χ3v) is 4.45. The van der Waals surface area contributed by atoms with Gasteiger partial charge in [-0.1, -0.05) is 0 Å². The van der Waals surface area contributed by atoms with E-state index in [-0.39, 0.29) is 12.1 Å². The predicted molar refractivity (Wildman–Crippen MR) is 84.1 cm³/mol. The largest absolute Gasteiger partial charge is 0.430 e. The molecular formula is C16H16N4O3. The number of furan rings is 1. The van der Waals surface area contributed by atoms with Crippen LogP contribution in [0.2, 0.25) is 0 Å². The highest BCUT2D eigenvalue weighted by Gasteiger charge is 2.23. The van der Waals surface area contributed by atoms with Gasteiger partial charge in [-0.3, -0.25) is 14.2 Å². The lowest BCUT2D eigenvalue weighted by molar-refractivity contribution is -0.118. The predicted octanol–water partition coefficient (Wildman–Crippen LogP) is 1.21. The number of carbonyl (C=O) groups excluding carboxylic acids is 1. The number of amides is 1. The molecule has 23 heavy (non-hydrogen) atoms. The molecule has 3 aromatic rings. The van der Waals surface area contributed by atoms with Crippen molar-refractivity contribution in [2.45, 2.75) is 39.2 Å². The van der Waals surface area contributed by atoms with E-state index in [1.165, 1.54) is 17.5 Å². The molecule has 0 aromatic carbocycles. The summed E-state index contributed by atoms with van der Waals surface area (Å²) in [6, 6.07) is 0. The molecule has 1 aliphatic carbocycles. The highest BCUT2D eigenvalue weighted by Crippen LogP contribution is 2.34. The fourth-order valence-electron chi connectivity index (χ4n) is 3.42. The van der Waals surface area contributed by atoms with E-state index in [0.29, 0.717) is 11.2 Å². The van der Waals surface area contributed by atoms with E-state index in [1.807, 2.05) is 6.92 Å². The molecule has 0 saturated carbocycles. The topological polar surface area (TPSA) is 104 Å². The van der Waals surface area contributed by atoms with Crippen molar-refractivity contribution in [1.29, 1.82) is 0 Å². The highest BCUT2D eigenvalue weighted by molar-refractivity contribution is 6.03. The number of nitrogens with zero attached hydrogens (tertiary/aromatic N) is 3. The summed E-state index contributed by atoms with van der Waals surface area (Å²) in [7, 11) is 0. The van der Waals surface area contributed by atoms with Crippen LogP contribution in [0.5, 0.6) is 0 Å². The Morgan fingerprint density at radius 2 is 2.09 bits per heavy atom. The summed E-state index contributed by atoms with van der Waals surface area (Å²) in [5.74, 6) is -0.601. The van der Waals surface area contributed by atoms with E-state index in [2.05, 4.69) is 9.97 Å². The lowest BCUT2D eigenvalue weighted by Crippen LogP contribution is -2.27. The first-order chi connectivity index (χ1) is 11.1. The zero-order valence-electron chi connectivity index (χ0n) is 12.8. The molecule has 0 aliphatic heterocycles. The third-order valence-electron chi connectivity index (χ3n) is 4.45. The molecule has 0 spiro atoms. The van der Waals surface area contributed by atoms with Crippen LogP contribution >= 0.6 is 0 Å². The molecule has 3 heterocycles. The first kappa shape index (κ1) is 13.9. The van der Waals surface area contributed by atoms with Gasteiger partial charge in [0.15, 0.2) is 0 Å². The van der Waals surface area contributed by atoms with Crippen molar-refractivity contribution in [3.63, 3.8) is 0 Å². The summed E-state index contributed by atoms with van der Waals surface area (Å²) >= 11 is 0. The fourth-order valence-corrected chi connectivity index (χ4v) is 3.42. The summed E-state index contributed by atoms with van der Waals surface area (Å²) in [6.45, 7) is 1.75. The molecule has 0 fully saturated rings. The van der Waals surface area contributed by atoms with Crippen LogP contribution < -0.4 is 11.3 Å². The van der Waals surface area contributed by atoms with Gasteiger partial charge < -0.3 is 10.2 Å². The molecule has 2 N–H and O–H groups in total. The monoisotopic (exact) mass is 312 g/mol. The van der Waals surface area contributed by atoms with Crippen molar-refractivity contribution in [3.8, 4) is 0 Å². The third kappa shape index (κ3) is 2.03. The molecule has 7 heteroatoms. The Labute approximate surface area is 131 Å². The molecule has 0 radical (unpaired) electrons. The van der Waals surface area contributed by atoms with Gasteiger partial charge >= 0.3 is 0 Å². The summed E-state index contributed by atoms with van der Waals surface area (Å²) in [6.07, 6.45) is 5.54. The van der Waals surface area contributed by atoms with Gasteiger partial charge in [0.25, 0.3) is 5.56 Å². The number of carbonyl (C=O) groups is 1. The first-order valence-electron chi connectivity index (χ1n) is 7.64. The number of pyridine rings is 1. The van der Waals surface area contributed by atoms with Crippen molar-refractivity contribution < 1.29 is 9.21 Å². The maximum atomic E-state index is 12.5. The van der Waals surface area contributed by atoms with E-state index in [4.69, 9.17) is 10.2 Å². The van der Waals surface area contributed by atoms with Gasteiger partial charge in [0.2, 0.25) is 17.2 Å². The molecule has 0 saturated heterocycles. The Morgan fingerprint density at radius 3 is 2.83 bits per heavy atom. The van der Waals surface area contributed by atoms with Gasteiger partial charge in [0.1, 0.15) is 12.1 Å². The lowest BCUT2D eigenvalue weighted by atomic mass is 9.89. The van der Waals surface area contributed by atoms with Crippen molar-refractivity contribution in [2.24, 2.45) is 5.73 Å². The number of hydrogen-bond donors (Lipinski definition) is 1. The van der Waals surface area contributed by atoms with E-state index >= 15 is 0 Å². The maximum Gasteiger partial charge on any atom is 0.297 e. The lowest BCUT2D eigenvalue weighted by Gasteiger charge is -2.17. The molecule has 0 bridgehead atoms. The number of primary amides is 1. The van der Waals surface area contributed by atoms with Crippen LogP contribution in [0.4, 0.5) is 0 Å². The minimum Gasteiger partial charge on any atom is -0.430 e. The van der Waals surface area contributed by atoms with Crippen LogP contribution in [0.3, 0.4) is 0 Å². The van der Waals surface area contributed by atoms with Gasteiger partial charge in [-0.2, -0.15) is 0 Å². The molecule has 0 unspecified atom stereocenters. The van der Waals surface area contributed by atoms with Gasteiger partial charge in [-0.15, -0.1) is 0 Å². The van der Waals surface area contributed by atoms with Crippen molar-refractivity contribution >= 4 is 28.1 Å². The minimum atomic E-state index is -0.601. The highest BCUT2D eigenvalue weighted by atomic mass is 16.3. The number of nitrogens with two attached hydrogens (primary N) is 1. The van der Waals surface area contributed by atoms with Gasteiger partial charge in [-0.25, -0.2) is 9.97 Å². The smallest absolute Gasteiger partial charge is 0.297 e. The van der Waals surface area contributed by atoms with Crippen LogP contribution in [-0.2, 0) is 24.2 Å². The van der Waals surface area contributed by atoms with Gasteiger partial charge in [-0.05, 0) is 43.7 Å². The van der Waals surface area contributed by atoms with E-state index in [0.717, 1.165) is 41.3 Å². The molecule has 118 valence electrons. The van der Waals surface area contributed by atoms with Gasteiger partial charge in [0, 0.05) is 5.69 Å². The number of hydrogen-bond acceptors (Lipinski definition) is 5. The van der Waals surface area contributed by atoms with Crippen molar-refractivity contribution in [1.82, 2.24) is 14.5 Å². The molecule has 1 aliphatic rings. The second-order valence-corrected chi connectivity index (χ2v) is 5.97. The summed E-state index contributed by atoms with van der Waals surface area (Å²) in [5.41, 5.74) is 9.23. The number of fused-ring (bicyclic) bond motifs is 5. The summed E-state index contributed by atoms with van der Waals surface area (Å²) < 4.78 is 6.85. The zero-order chi connectivity index (χ0) is 16.1. The first-order valence-corrected chi connectivity index (χ1v) is 7.64. The molecular weight excluding hydrogens is 296 g/mol. The number of rotatable bonds is 2. The Hall–Kier alpha value is -2.70. The van der Waals surface area contributed by atoms with E-state index < -0.39 is 11.5 Å². The summed E-state index contributed by atoms with van der Waals surface area (Å²) in [5, 5.41) is 0.837. The van der Waals surface area contributed by atoms with E-state index in [9.17, 15) is 9.59 Å². The average molecular weight is 312 g/mol. The molecule has 4 rings (SSSR count). The number of aryl methyl sites for hydroxylation is 2. The normalized spacial score (nSPS) is 14.3. The molecule has 7 nitrogen and oxygen atoms in total. The van der Waals surface area contributed by atoms with Gasteiger partial charge in [0.05, 0.1) is 11.7 Å². The Bertz CT molecular complexity index is 1020. The second-order valence-electron chi connectivity index (χ2n) is 5.97. The van der Waals surface area contributed by atoms with E-state index in [1.54, 1.807) is 0 Å². The maximum absolute atomic E-state index is 12.5. The van der Waals surface area contributed by atoms with Crippen LogP contribution in [0.15, 0.2) is 15.5 Å². The Kier molecular flexibility index (Phi) is 2.97. The fraction of sp³-hybridized carbons (Fsp3) is 0.375. The molecule has 3 aromatic heterocycles. The Balaban J connectivity index is 2.07. The minimum absolute atomic E-state index is 0.134. The van der Waals surface area contributed by atoms with Crippen LogP contribution in [0, 0.1) is 6.92 Å². The van der Waals surface area contributed by atoms with Crippen LogP contribution in [0.25, 0.3) is 22.2 Å². The van der Waals surface area contributed by atoms with Crippen molar-refractivity contribution in [3.05, 3.63) is 33.5 Å². The van der Waals surface area contributed by atoms with Crippen LogP contribution in [0.1, 0.15) is 29.7 Å². The van der Waals surface area contributed by atoms with Crippen molar-refractivity contribution in [2.75, 3.05) is 0 Å². The Morgan fingerprint density at radius 1 is 1.35 bits per heavy atom. The SMILES string of the molecule is Cc1nc2oc3c(=O)n(CC(N)=O)cnc3c2c2c1CCCC2. The molecule has 1 amide bonds. The average Bonchev–Trinajstić information content (AvgIpc) is 2.89. The second kappa shape index (κ2) is 4.91. The quantitative estimate of drug-likeness (QED) is 0.766. The molecule has 0 atom stereocenters.